The highest BCUT2D eigenvalue weighted by atomic mass is 14.2. The van der Waals surface area contributed by atoms with Crippen molar-refractivity contribution in [1.29, 1.82) is 0 Å². The van der Waals surface area contributed by atoms with Crippen LogP contribution in [0.15, 0.2) is 194 Å². The van der Waals surface area contributed by atoms with Gasteiger partial charge in [0, 0.05) is 0 Å². The van der Waals surface area contributed by atoms with Crippen molar-refractivity contribution in [2.24, 2.45) is 0 Å². The number of hydrogen-bond acceptors (Lipinski definition) is 0. The molecule has 0 spiro atoms. The summed E-state index contributed by atoms with van der Waals surface area (Å²) in [5.41, 5.74) is 9.97. The van der Waals surface area contributed by atoms with Gasteiger partial charge in [-0.2, -0.15) is 0 Å². The summed E-state index contributed by atoms with van der Waals surface area (Å²) in [6.07, 6.45) is 0. The quantitative estimate of drug-likeness (QED) is 0.169. The van der Waals surface area contributed by atoms with Crippen LogP contribution in [0.3, 0.4) is 0 Å². The molecule has 10 rings (SSSR count). The Bertz CT molecular complexity index is 2860. The molecule has 0 N–H and O–H groups in total. The fraction of sp³-hybridized carbons (Fsp3) is 0. The predicted molar refractivity (Wildman–Crippen MR) is 216 cm³/mol. The summed E-state index contributed by atoms with van der Waals surface area (Å²) in [6, 6.07) is 71.4. The zero-order valence-corrected chi connectivity index (χ0v) is 27.5. The Morgan fingerprint density at radius 2 is 0.660 bits per heavy atom. The van der Waals surface area contributed by atoms with Gasteiger partial charge in [-0.25, -0.2) is 0 Å². The summed E-state index contributed by atoms with van der Waals surface area (Å²) in [5, 5.41) is 12.6. The summed E-state index contributed by atoms with van der Waals surface area (Å²) in [5.74, 6) is 0. The lowest BCUT2D eigenvalue weighted by Gasteiger charge is -2.20. The fourth-order valence-corrected chi connectivity index (χ4v) is 8.06. The van der Waals surface area contributed by atoms with Gasteiger partial charge in [0.1, 0.15) is 0 Å². The van der Waals surface area contributed by atoms with Crippen LogP contribution in [0.25, 0.3) is 98.4 Å². The second kappa shape index (κ2) is 11.6. The maximum Gasteiger partial charge on any atom is -0.00201 e. The van der Waals surface area contributed by atoms with Crippen LogP contribution in [-0.4, -0.2) is 0 Å². The van der Waals surface area contributed by atoms with Gasteiger partial charge in [-0.05, 0) is 117 Å². The van der Waals surface area contributed by atoms with Crippen LogP contribution >= 0.6 is 0 Å². The molecule has 0 aliphatic heterocycles. The van der Waals surface area contributed by atoms with Crippen molar-refractivity contribution >= 4 is 53.9 Å². The minimum absolute atomic E-state index is 1.22. The van der Waals surface area contributed by atoms with Crippen molar-refractivity contribution in [3.8, 4) is 44.5 Å². The van der Waals surface area contributed by atoms with Crippen LogP contribution < -0.4 is 0 Å². The third-order valence-corrected chi connectivity index (χ3v) is 10.4. The van der Waals surface area contributed by atoms with E-state index in [2.05, 4.69) is 194 Å². The van der Waals surface area contributed by atoms with E-state index in [1.807, 2.05) is 0 Å². The lowest BCUT2D eigenvalue weighted by molar-refractivity contribution is 1.64. The first-order valence-corrected chi connectivity index (χ1v) is 17.3. The van der Waals surface area contributed by atoms with Gasteiger partial charge in [0.15, 0.2) is 0 Å². The zero-order chi connectivity index (χ0) is 33.0. The van der Waals surface area contributed by atoms with Gasteiger partial charge in [-0.1, -0.05) is 176 Å². The number of benzene rings is 10. The first kappa shape index (κ1) is 28.5. The minimum Gasteiger partial charge on any atom is -0.0622 e. The van der Waals surface area contributed by atoms with Gasteiger partial charge >= 0.3 is 0 Å². The Kier molecular flexibility index (Phi) is 6.60. The first-order valence-electron chi connectivity index (χ1n) is 17.3. The molecule has 10 aromatic rings. The van der Waals surface area contributed by atoms with E-state index in [0.29, 0.717) is 0 Å². The van der Waals surface area contributed by atoms with Crippen molar-refractivity contribution in [3.63, 3.8) is 0 Å². The molecule has 0 fully saturated rings. The average molecular weight is 633 g/mol. The highest BCUT2D eigenvalue weighted by Gasteiger charge is 2.19. The standard InChI is InChI=1S/C50H32/c1-2-14-35(15-3-1)49-43-18-8-10-20-45(43)50(46-21-11-9-19-44(46)49)47-29-28-41(40-25-23-34-13-5-7-17-37(34)31-40)48-32-39(26-27-42(47)48)38-24-22-33-12-4-6-16-36(33)30-38/h1-32H. The molecule has 232 valence electrons. The van der Waals surface area contributed by atoms with Crippen LogP contribution in [-0.2, 0) is 0 Å². The van der Waals surface area contributed by atoms with Crippen LogP contribution in [0.2, 0.25) is 0 Å². The third-order valence-electron chi connectivity index (χ3n) is 10.4. The molecule has 0 atom stereocenters. The summed E-state index contributed by atoms with van der Waals surface area (Å²) in [6.45, 7) is 0. The Labute approximate surface area is 291 Å². The van der Waals surface area contributed by atoms with Crippen molar-refractivity contribution < 1.29 is 0 Å². The summed E-state index contributed by atoms with van der Waals surface area (Å²) >= 11 is 0. The SMILES string of the molecule is c1ccc(-c2c3ccccc3c(-c3ccc(-c4ccc5ccccc5c4)c4cc(-c5ccc6ccccc6c5)ccc34)c3ccccc23)cc1. The molecular formula is C50H32. The molecule has 0 nitrogen and oxygen atoms in total. The van der Waals surface area contributed by atoms with E-state index in [9.17, 15) is 0 Å². The molecule has 50 heavy (non-hydrogen) atoms. The molecule has 0 heterocycles. The van der Waals surface area contributed by atoms with Crippen molar-refractivity contribution in [2.45, 2.75) is 0 Å². The van der Waals surface area contributed by atoms with E-state index in [1.54, 1.807) is 0 Å². The molecule has 0 unspecified atom stereocenters. The van der Waals surface area contributed by atoms with E-state index in [-0.39, 0.29) is 0 Å². The van der Waals surface area contributed by atoms with E-state index < -0.39 is 0 Å². The van der Waals surface area contributed by atoms with Gasteiger partial charge in [-0.3, -0.25) is 0 Å². The average Bonchev–Trinajstić information content (AvgIpc) is 3.19. The number of hydrogen-bond donors (Lipinski definition) is 0. The molecule has 0 aromatic heterocycles. The smallest absolute Gasteiger partial charge is 0.00201 e. The zero-order valence-electron chi connectivity index (χ0n) is 27.5. The van der Waals surface area contributed by atoms with E-state index in [0.717, 1.165) is 0 Å². The highest BCUT2D eigenvalue weighted by Crippen LogP contribution is 2.47. The molecule has 0 amide bonds. The Hall–Kier alpha value is -6.50. The molecule has 0 saturated heterocycles. The van der Waals surface area contributed by atoms with Crippen LogP contribution in [0.4, 0.5) is 0 Å². The third kappa shape index (κ3) is 4.61. The lowest BCUT2D eigenvalue weighted by atomic mass is 9.83. The second-order valence-electron chi connectivity index (χ2n) is 13.3. The first-order chi connectivity index (χ1) is 24.8. The van der Waals surface area contributed by atoms with Gasteiger partial charge in [0.05, 0.1) is 0 Å². The summed E-state index contributed by atoms with van der Waals surface area (Å²) in [4.78, 5) is 0. The maximum absolute atomic E-state index is 2.41. The van der Waals surface area contributed by atoms with E-state index in [1.165, 1.54) is 98.4 Å². The van der Waals surface area contributed by atoms with Crippen molar-refractivity contribution in [2.75, 3.05) is 0 Å². The lowest BCUT2D eigenvalue weighted by Crippen LogP contribution is -1.93. The molecule has 0 aliphatic rings. The molecule has 0 heteroatoms. The second-order valence-corrected chi connectivity index (χ2v) is 13.3. The number of rotatable bonds is 4. The monoisotopic (exact) mass is 632 g/mol. The molecule has 0 aliphatic carbocycles. The highest BCUT2D eigenvalue weighted by molar-refractivity contribution is 6.24. The molecule has 0 radical (unpaired) electrons. The topological polar surface area (TPSA) is 0 Å². The van der Waals surface area contributed by atoms with Crippen LogP contribution in [0.5, 0.6) is 0 Å². The largest absolute Gasteiger partial charge is 0.0622 e. The van der Waals surface area contributed by atoms with Gasteiger partial charge < -0.3 is 0 Å². The Balaban J connectivity index is 1.28. The summed E-state index contributed by atoms with van der Waals surface area (Å²) in [7, 11) is 0. The van der Waals surface area contributed by atoms with E-state index in [4.69, 9.17) is 0 Å². The van der Waals surface area contributed by atoms with Gasteiger partial charge in [-0.15, -0.1) is 0 Å². The predicted octanol–water partition coefficient (Wildman–Crippen LogP) is 14.1. The number of fused-ring (bicyclic) bond motifs is 5. The minimum atomic E-state index is 1.22. The molecular weight excluding hydrogens is 601 g/mol. The Morgan fingerprint density at radius 3 is 1.30 bits per heavy atom. The van der Waals surface area contributed by atoms with E-state index >= 15 is 0 Å². The molecule has 10 aromatic carbocycles. The molecule has 0 bridgehead atoms. The maximum atomic E-state index is 2.41. The van der Waals surface area contributed by atoms with Crippen molar-refractivity contribution in [3.05, 3.63) is 194 Å². The van der Waals surface area contributed by atoms with Crippen molar-refractivity contribution in [1.82, 2.24) is 0 Å². The Morgan fingerprint density at radius 1 is 0.200 bits per heavy atom. The van der Waals surface area contributed by atoms with Crippen LogP contribution in [0, 0.1) is 0 Å². The summed E-state index contributed by atoms with van der Waals surface area (Å²) < 4.78 is 0. The van der Waals surface area contributed by atoms with Gasteiger partial charge in [0.2, 0.25) is 0 Å². The van der Waals surface area contributed by atoms with Crippen LogP contribution in [0.1, 0.15) is 0 Å². The molecule has 0 saturated carbocycles. The van der Waals surface area contributed by atoms with Gasteiger partial charge in [0.25, 0.3) is 0 Å². The normalized spacial score (nSPS) is 11.6. The fourth-order valence-electron chi connectivity index (χ4n) is 8.06.